The quantitative estimate of drug-likeness (QED) is 0.922. The van der Waals surface area contributed by atoms with E-state index < -0.39 is 9.84 Å². The molecule has 0 aliphatic rings. The van der Waals surface area contributed by atoms with Crippen molar-refractivity contribution in [3.63, 3.8) is 0 Å². The number of sulfone groups is 1. The van der Waals surface area contributed by atoms with Gasteiger partial charge in [0.05, 0.1) is 10.8 Å². The van der Waals surface area contributed by atoms with Crippen LogP contribution in [0.1, 0.15) is 11.8 Å². The van der Waals surface area contributed by atoms with Gasteiger partial charge >= 0.3 is 0 Å². The molecule has 1 aromatic carbocycles. The van der Waals surface area contributed by atoms with Crippen LogP contribution in [0.5, 0.6) is 0 Å². The zero-order valence-corrected chi connectivity index (χ0v) is 13.2. The van der Waals surface area contributed by atoms with E-state index >= 15 is 0 Å². The molecule has 104 valence electrons. The molecule has 1 heterocycles. The average Bonchev–Trinajstić information content (AvgIpc) is 2.62. The van der Waals surface area contributed by atoms with Crippen molar-refractivity contribution in [3.05, 3.63) is 34.2 Å². The van der Waals surface area contributed by atoms with Crippen LogP contribution in [0.25, 0.3) is 10.1 Å². The molecule has 1 unspecified atom stereocenters. The van der Waals surface area contributed by atoms with Crippen molar-refractivity contribution < 1.29 is 8.42 Å². The number of halogens is 1. The highest BCUT2D eigenvalue weighted by molar-refractivity contribution is 7.90. The van der Waals surface area contributed by atoms with Gasteiger partial charge in [0.1, 0.15) is 9.84 Å². The molecule has 6 heteroatoms. The Bertz CT molecular complexity index is 679. The molecule has 19 heavy (non-hydrogen) atoms. The topological polar surface area (TPSA) is 46.2 Å². The van der Waals surface area contributed by atoms with Gasteiger partial charge in [-0.1, -0.05) is 29.8 Å². The van der Waals surface area contributed by atoms with Gasteiger partial charge in [0.2, 0.25) is 0 Å². The van der Waals surface area contributed by atoms with Crippen LogP contribution in [0.4, 0.5) is 0 Å². The van der Waals surface area contributed by atoms with Crippen LogP contribution in [0.15, 0.2) is 24.3 Å². The SMILES string of the molecule is CC(CS(C)(=O)=O)NCc1sc2ccccc2c1Cl. The standard InChI is InChI=1S/C13H16ClNO2S2/c1-9(8-19(2,16)17)15-7-12-13(14)10-5-3-4-6-11(10)18-12/h3-6,9,15H,7-8H2,1-2H3. The Hall–Kier alpha value is -0.620. The van der Waals surface area contributed by atoms with Crippen molar-refractivity contribution in [3.8, 4) is 0 Å². The number of nitrogens with one attached hydrogen (secondary N) is 1. The minimum absolute atomic E-state index is 0.0868. The Morgan fingerprint density at radius 3 is 2.68 bits per heavy atom. The third-order valence-electron chi connectivity index (χ3n) is 2.77. The Morgan fingerprint density at radius 1 is 1.37 bits per heavy atom. The molecule has 1 aromatic heterocycles. The van der Waals surface area contributed by atoms with E-state index in [2.05, 4.69) is 5.32 Å². The summed E-state index contributed by atoms with van der Waals surface area (Å²) in [6, 6.07) is 7.90. The molecule has 2 aromatic rings. The maximum Gasteiger partial charge on any atom is 0.148 e. The minimum atomic E-state index is -2.95. The Balaban J connectivity index is 2.08. The summed E-state index contributed by atoms with van der Waals surface area (Å²) in [5.74, 6) is 0.134. The second kappa shape index (κ2) is 5.79. The number of fused-ring (bicyclic) bond motifs is 1. The van der Waals surface area contributed by atoms with E-state index in [4.69, 9.17) is 11.6 Å². The fourth-order valence-electron chi connectivity index (χ4n) is 1.96. The lowest BCUT2D eigenvalue weighted by Gasteiger charge is -2.11. The van der Waals surface area contributed by atoms with Crippen LogP contribution in [0.2, 0.25) is 5.02 Å². The highest BCUT2D eigenvalue weighted by atomic mass is 35.5. The van der Waals surface area contributed by atoms with Gasteiger partial charge in [0, 0.05) is 33.8 Å². The van der Waals surface area contributed by atoms with Gasteiger partial charge in [-0.2, -0.15) is 0 Å². The lowest BCUT2D eigenvalue weighted by atomic mass is 10.2. The van der Waals surface area contributed by atoms with Crippen molar-refractivity contribution >= 4 is 42.9 Å². The summed E-state index contributed by atoms with van der Waals surface area (Å²) in [6.07, 6.45) is 1.25. The molecule has 0 bridgehead atoms. The first-order valence-corrected chi connectivity index (χ1v) is 9.19. The Kier molecular flexibility index (Phi) is 4.50. The van der Waals surface area contributed by atoms with Crippen molar-refractivity contribution in [2.45, 2.75) is 19.5 Å². The van der Waals surface area contributed by atoms with Gasteiger partial charge in [0.15, 0.2) is 0 Å². The molecule has 0 amide bonds. The van der Waals surface area contributed by atoms with Crippen LogP contribution in [0, 0.1) is 0 Å². The zero-order chi connectivity index (χ0) is 14.0. The molecule has 0 saturated carbocycles. The van der Waals surface area contributed by atoms with E-state index in [1.807, 2.05) is 31.2 Å². The number of thiophene rings is 1. The van der Waals surface area contributed by atoms with E-state index in [1.54, 1.807) is 11.3 Å². The van der Waals surface area contributed by atoms with Gasteiger partial charge in [-0.3, -0.25) is 0 Å². The van der Waals surface area contributed by atoms with E-state index in [9.17, 15) is 8.42 Å². The number of hydrogen-bond acceptors (Lipinski definition) is 4. The van der Waals surface area contributed by atoms with Crippen molar-refractivity contribution in [1.29, 1.82) is 0 Å². The van der Waals surface area contributed by atoms with Crippen LogP contribution in [-0.2, 0) is 16.4 Å². The lowest BCUT2D eigenvalue weighted by Crippen LogP contribution is -2.31. The van der Waals surface area contributed by atoms with Gasteiger partial charge in [-0.15, -0.1) is 11.3 Å². The molecule has 0 aliphatic carbocycles. The first kappa shape index (κ1) is 14.8. The summed E-state index contributed by atoms with van der Waals surface area (Å²) in [5.41, 5.74) is 0. The fourth-order valence-corrected chi connectivity index (χ4v) is 4.44. The van der Waals surface area contributed by atoms with Crippen molar-refractivity contribution in [2.24, 2.45) is 0 Å². The van der Waals surface area contributed by atoms with Gasteiger partial charge < -0.3 is 5.32 Å². The fraction of sp³-hybridized carbons (Fsp3) is 0.385. The zero-order valence-electron chi connectivity index (χ0n) is 10.8. The summed E-state index contributed by atoms with van der Waals surface area (Å²) >= 11 is 7.97. The van der Waals surface area contributed by atoms with Crippen LogP contribution >= 0.6 is 22.9 Å². The summed E-state index contributed by atoms with van der Waals surface area (Å²) in [4.78, 5) is 1.04. The first-order valence-electron chi connectivity index (χ1n) is 5.94. The van der Waals surface area contributed by atoms with E-state index in [0.717, 1.165) is 20.0 Å². The van der Waals surface area contributed by atoms with Gasteiger partial charge in [-0.25, -0.2) is 8.42 Å². The Morgan fingerprint density at radius 2 is 2.05 bits per heavy atom. The van der Waals surface area contributed by atoms with Gasteiger partial charge in [0.25, 0.3) is 0 Å². The van der Waals surface area contributed by atoms with Crippen LogP contribution in [0.3, 0.4) is 0 Å². The summed E-state index contributed by atoms with van der Waals surface area (Å²) in [7, 11) is -2.95. The lowest BCUT2D eigenvalue weighted by molar-refractivity contribution is 0.562. The largest absolute Gasteiger partial charge is 0.308 e. The van der Waals surface area contributed by atoms with E-state index in [1.165, 1.54) is 6.26 Å². The predicted molar refractivity (Wildman–Crippen MR) is 82.8 cm³/mol. The molecule has 0 fully saturated rings. The molecule has 0 saturated heterocycles. The third kappa shape index (κ3) is 3.92. The molecule has 0 aliphatic heterocycles. The predicted octanol–water partition coefficient (Wildman–Crippen LogP) is 3.08. The van der Waals surface area contributed by atoms with E-state index in [-0.39, 0.29) is 11.8 Å². The minimum Gasteiger partial charge on any atom is -0.308 e. The van der Waals surface area contributed by atoms with E-state index in [0.29, 0.717) is 6.54 Å². The smallest absolute Gasteiger partial charge is 0.148 e. The molecule has 0 spiro atoms. The maximum absolute atomic E-state index is 11.2. The molecule has 1 atom stereocenters. The number of benzene rings is 1. The first-order chi connectivity index (χ1) is 8.87. The summed E-state index contributed by atoms with van der Waals surface area (Å²) in [5, 5.41) is 5.02. The monoisotopic (exact) mass is 317 g/mol. The number of hydrogen-bond donors (Lipinski definition) is 1. The van der Waals surface area contributed by atoms with Crippen molar-refractivity contribution in [2.75, 3.05) is 12.0 Å². The highest BCUT2D eigenvalue weighted by Crippen LogP contribution is 2.34. The summed E-state index contributed by atoms with van der Waals surface area (Å²) in [6.45, 7) is 2.46. The van der Waals surface area contributed by atoms with Gasteiger partial charge in [-0.05, 0) is 13.0 Å². The molecular formula is C13H16ClNO2S2. The average molecular weight is 318 g/mol. The molecule has 2 rings (SSSR count). The third-order valence-corrected chi connectivity index (χ3v) is 5.59. The van der Waals surface area contributed by atoms with Crippen LogP contribution < -0.4 is 5.32 Å². The summed E-state index contributed by atoms with van der Waals surface area (Å²) < 4.78 is 23.5. The molecule has 0 radical (unpaired) electrons. The van der Waals surface area contributed by atoms with Crippen molar-refractivity contribution in [1.82, 2.24) is 5.32 Å². The normalized spacial score (nSPS) is 13.8. The van der Waals surface area contributed by atoms with Crippen LogP contribution in [-0.4, -0.2) is 26.5 Å². The highest BCUT2D eigenvalue weighted by Gasteiger charge is 2.13. The number of rotatable bonds is 5. The second-order valence-corrected chi connectivity index (χ2v) is 8.41. The second-order valence-electron chi connectivity index (χ2n) is 4.71. The maximum atomic E-state index is 11.2. The molecule has 3 nitrogen and oxygen atoms in total. The molecule has 1 N–H and O–H groups in total. The molecular weight excluding hydrogens is 302 g/mol. The Labute approximate surface area is 122 Å².